The highest BCUT2D eigenvalue weighted by molar-refractivity contribution is 6.33. The summed E-state index contributed by atoms with van der Waals surface area (Å²) in [5.74, 6) is 0.754. The topological polar surface area (TPSA) is 38.8 Å². The lowest BCUT2D eigenvalue weighted by Crippen LogP contribution is -2.36. The first kappa shape index (κ1) is 18.5. The van der Waals surface area contributed by atoms with E-state index < -0.39 is 5.82 Å². The van der Waals surface area contributed by atoms with E-state index in [0.717, 1.165) is 22.9 Å². The van der Waals surface area contributed by atoms with Crippen LogP contribution in [0.4, 0.5) is 4.39 Å². The number of hydrogen-bond donors (Lipinski definition) is 0. The third-order valence-corrected chi connectivity index (χ3v) is 4.64. The van der Waals surface area contributed by atoms with Crippen LogP contribution < -0.4 is 9.47 Å². The molecule has 0 bridgehead atoms. The minimum atomic E-state index is -0.458. The number of hydrogen-bond acceptors (Lipinski definition) is 3. The van der Waals surface area contributed by atoms with Crippen molar-refractivity contribution in [2.75, 3.05) is 19.8 Å². The van der Waals surface area contributed by atoms with E-state index in [1.54, 1.807) is 4.90 Å². The van der Waals surface area contributed by atoms with E-state index in [1.807, 2.05) is 26.0 Å². The summed E-state index contributed by atoms with van der Waals surface area (Å²) < 4.78 is 24.6. The Bertz CT molecular complexity index is 825. The fourth-order valence-corrected chi connectivity index (χ4v) is 3.36. The molecule has 3 rings (SSSR count). The van der Waals surface area contributed by atoms with Crippen LogP contribution in [0.2, 0.25) is 5.02 Å². The predicted octanol–water partition coefficient (Wildman–Crippen LogP) is 4.48. The van der Waals surface area contributed by atoms with Gasteiger partial charge in [0.1, 0.15) is 5.82 Å². The number of benzene rings is 2. The minimum absolute atomic E-state index is 0.127. The van der Waals surface area contributed by atoms with E-state index in [2.05, 4.69) is 0 Å². The molecule has 1 amide bonds. The van der Waals surface area contributed by atoms with Gasteiger partial charge in [0.2, 0.25) is 0 Å². The van der Waals surface area contributed by atoms with Gasteiger partial charge in [-0.25, -0.2) is 4.39 Å². The molecule has 26 heavy (non-hydrogen) atoms. The Morgan fingerprint density at radius 3 is 2.38 bits per heavy atom. The Morgan fingerprint density at radius 2 is 1.77 bits per heavy atom. The van der Waals surface area contributed by atoms with Crippen molar-refractivity contribution >= 4 is 17.5 Å². The summed E-state index contributed by atoms with van der Waals surface area (Å²) in [6.07, 6.45) is 0.715. The number of carbonyl (C=O) groups excluding carboxylic acids is 1. The van der Waals surface area contributed by atoms with Gasteiger partial charge in [0.15, 0.2) is 11.5 Å². The fourth-order valence-electron chi connectivity index (χ4n) is 3.11. The van der Waals surface area contributed by atoms with Crippen LogP contribution in [0.3, 0.4) is 0 Å². The Balaban J connectivity index is 1.86. The predicted molar refractivity (Wildman–Crippen MR) is 98.6 cm³/mol. The Labute approximate surface area is 157 Å². The third-order valence-electron chi connectivity index (χ3n) is 4.33. The molecule has 0 aromatic heterocycles. The smallest absolute Gasteiger partial charge is 0.255 e. The Morgan fingerprint density at radius 1 is 1.12 bits per heavy atom. The average molecular weight is 378 g/mol. The molecule has 1 aliphatic heterocycles. The SMILES string of the molecule is CCOc1cc2c(cc1OCC)CN(C(=O)c1ccc(F)cc1Cl)CC2. The summed E-state index contributed by atoms with van der Waals surface area (Å²) in [5, 5.41) is 0.127. The molecule has 0 unspecified atom stereocenters. The molecule has 0 saturated heterocycles. The number of halogens is 2. The highest BCUT2D eigenvalue weighted by atomic mass is 35.5. The van der Waals surface area contributed by atoms with E-state index in [0.29, 0.717) is 44.0 Å². The molecule has 1 aliphatic rings. The van der Waals surface area contributed by atoms with Crippen LogP contribution >= 0.6 is 11.6 Å². The number of nitrogens with zero attached hydrogens (tertiary/aromatic N) is 1. The van der Waals surface area contributed by atoms with E-state index in [1.165, 1.54) is 12.1 Å². The normalized spacial score (nSPS) is 13.3. The van der Waals surface area contributed by atoms with Gasteiger partial charge in [-0.05, 0) is 61.7 Å². The molecule has 0 saturated carbocycles. The standard InChI is InChI=1S/C20H21ClFNO3/c1-3-25-18-9-13-7-8-23(12-14(13)10-19(18)26-4-2)20(24)16-6-5-15(22)11-17(16)21/h5-6,9-11H,3-4,7-8,12H2,1-2H3. The Kier molecular flexibility index (Phi) is 5.67. The highest BCUT2D eigenvalue weighted by Crippen LogP contribution is 2.34. The summed E-state index contributed by atoms with van der Waals surface area (Å²) in [6, 6.07) is 7.78. The molecule has 0 N–H and O–H groups in total. The zero-order valence-corrected chi connectivity index (χ0v) is 15.6. The molecule has 0 aliphatic carbocycles. The van der Waals surface area contributed by atoms with E-state index in [4.69, 9.17) is 21.1 Å². The van der Waals surface area contributed by atoms with Gasteiger partial charge in [0, 0.05) is 13.1 Å². The number of carbonyl (C=O) groups is 1. The Hall–Kier alpha value is -2.27. The number of amides is 1. The second kappa shape index (κ2) is 7.96. The van der Waals surface area contributed by atoms with Crippen LogP contribution in [0.25, 0.3) is 0 Å². The van der Waals surface area contributed by atoms with Gasteiger partial charge < -0.3 is 14.4 Å². The summed E-state index contributed by atoms with van der Waals surface area (Å²) in [7, 11) is 0. The molecular weight excluding hydrogens is 357 g/mol. The first-order valence-corrected chi connectivity index (χ1v) is 9.07. The molecule has 4 nitrogen and oxygen atoms in total. The maximum absolute atomic E-state index is 13.2. The van der Waals surface area contributed by atoms with Gasteiger partial charge >= 0.3 is 0 Å². The maximum atomic E-state index is 13.2. The molecule has 2 aromatic rings. The maximum Gasteiger partial charge on any atom is 0.255 e. The first-order valence-electron chi connectivity index (χ1n) is 8.69. The number of rotatable bonds is 5. The van der Waals surface area contributed by atoms with Crippen LogP contribution in [0, 0.1) is 5.82 Å². The van der Waals surface area contributed by atoms with Gasteiger partial charge in [-0.2, -0.15) is 0 Å². The van der Waals surface area contributed by atoms with Gasteiger partial charge in [-0.3, -0.25) is 4.79 Å². The molecule has 138 valence electrons. The van der Waals surface area contributed by atoms with Gasteiger partial charge in [-0.1, -0.05) is 11.6 Å². The molecular formula is C20H21ClFNO3. The van der Waals surface area contributed by atoms with Crippen molar-refractivity contribution in [1.29, 1.82) is 0 Å². The fraction of sp³-hybridized carbons (Fsp3) is 0.350. The van der Waals surface area contributed by atoms with E-state index in [-0.39, 0.29) is 10.9 Å². The quantitative estimate of drug-likeness (QED) is 0.771. The van der Waals surface area contributed by atoms with Crippen molar-refractivity contribution in [3.05, 3.63) is 57.9 Å². The van der Waals surface area contributed by atoms with Crippen molar-refractivity contribution in [2.45, 2.75) is 26.8 Å². The minimum Gasteiger partial charge on any atom is -0.490 e. The monoisotopic (exact) mass is 377 g/mol. The number of fused-ring (bicyclic) bond motifs is 1. The molecule has 6 heteroatoms. The molecule has 0 atom stereocenters. The first-order chi connectivity index (χ1) is 12.5. The van der Waals surface area contributed by atoms with Crippen molar-refractivity contribution in [3.8, 4) is 11.5 Å². The second-order valence-electron chi connectivity index (χ2n) is 6.03. The van der Waals surface area contributed by atoms with Gasteiger partial charge in [-0.15, -0.1) is 0 Å². The molecule has 0 spiro atoms. The van der Waals surface area contributed by atoms with Crippen LogP contribution in [0.15, 0.2) is 30.3 Å². The lowest BCUT2D eigenvalue weighted by Gasteiger charge is -2.30. The highest BCUT2D eigenvalue weighted by Gasteiger charge is 2.25. The molecule has 0 radical (unpaired) electrons. The summed E-state index contributed by atoms with van der Waals surface area (Å²) in [5.41, 5.74) is 2.48. The van der Waals surface area contributed by atoms with Crippen molar-refractivity contribution in [2.24, 2.45) is 0 Å². The summed E-state index contributed by atoms with van der Waals surface area (Å²) in [6.45, 7) is 5.97. The zero-order chi connectivity index (χ0) is 18.7. The zero-order valence-electron chi connectivity index (χ0n) is 14.9. The van der Waals surface area contributed by atoms with Crippen LogP contribution in [-0.2, 0) is 13.0 Å². The third kappa shape index (κ3) is 3.78. The lowest BCUT2D eigenvalue weighted by atomic mass is 9.98. The van der Waals surface area contributed by atoms with Gasteiger partial charge in [0.25, 0.3) is 5.91 Å². The van der Waals surface area contributed by atoms with Crippen molar-refractivity contribution in [1.82, 2.24) is 4.90 Å². The van der Waals surface area contributed by atoms with Crippen molar-refractivity contribution in [3.63, 3.8) is 0 Å². The van der Waals surface area contributed by atoms with Crippen LogP contribution in [-0.4, -0.2) is 30.6 Å². The number of ether oxygens (including phenoxy) is 2. The van der Waals surface area contributed by atoms with Crippen molar-refractivity contribution < 1.29 is 18.7 Å². The molecule has 1 heterocycles. The van der Waals surface area contributed by atoms with E-state index >= 15 is 0 Å². The average Bonchev–Trinajstić information content (AvgIpc) is 2.62. The van der Waals surface area contributed by atoms with Crippen LogP contribution in [0.1, 0.15) is 35.3 Å². The summed E-state index contributed by atoms with van der Waals surface area (Å²) >= 11 is 6.04. The lowest BCUT2D eigenvalue weighted by molar-refractivity contribution is 0.0734. The largest absolute Gasteiger partial charge is 0.490 e. The molecule has 2 aromatic carbocycles. The second-order valence-corrected chi connectivity index (χ2v) is 6.44. The van der Waals surface area contributed by atoms with E-state index in [9.17, 15) is 9.18 Å². The van der Waals surface area contributed by atoms with Crippen LogP contribution in [0.5, 0.6) is 11.5 Å². The van der Waals surface area contributed by atoms with Gasteiger partial charge in [0.05, 0.1) is 23.8 Å². The molecule has 0 fully saturated rings. The summed E-state index contributed by atoms with van der Waals surface area (Å²) in [4.78, 5) is 14.5.